The quantitative estimate of drug-likeness (QED) is 0.849. The second-order valence-corrected chi connectivity index (χ2v) is 4.66. The summed E-state index contributed by atoms with van der Waals surface area (Å²) in [5, 5.41) is 7.05. The van der Waals surface area contributed by atoms with Gasteiger partial charge in [-0.05, 0) is 26.0 Å². The highest BCUT2D eigenvalue weighted by Crippen LogP contribution is 2.30. The fraction of sp³-hybridized carbons (Fsp3) is 0.375. The molecular formula is C16H21N3O4. The lowest BCUT2D eigenvalue weighted by atomic mass is 10.2. The van der Waals surface area contributed by atoms with Crippen molar-refractivity contribution in [3.05, 3.63) is 30.0 Å². The SMILES string of the molecule is CCOc1nn(CC)cc1C(=O)Nc1ccc(OC)cc1OC. The topological polar surface area (TPSA) is 74.6 Å². The highest BCUT2D eigenvalue weighted by molar-refractivity contribution is 6.06. The van der Waals surface area contributed by atoms with Gasteiger partial charge in [-0.15, -0.1) is 5.10 Å². The summed E-state index contributed by atoms with van der Waals surface area (Å²) >= 11 is 0. The van der Waals surface area contributed by atoms with E-state index in [1.807, 2.05) is 13.8 Å². The first kappa shape index (κ1) is 16.7. The summed E-state index contributed by atoms with van der Waals surface area (Å²) in [7, 11) is 3.10. The van der Waals surface area contributed by atoms with Crippen molar-refractivity contribution >= 4 is 11.6 Å². The molecule has 0 radical (unpaired) electrons. The summed E-state index contributed by atoms with van der Waals surface area (Å²) < 4.78 is 17.5. The van der Waals surface area contributed by atoms with Crippen LogP contribution < -0.4 is 19.5 Å². The molecule has 0 aliphatic carbocycles. The second-order valence-electron chi connectivity index (χ2n) is 4.66. The standard InChI is InChI=1S/C16H21N3O4/c1-5-19-10-12(16(18-19)23-6-2)15(20)17-13-8-7-11(21-3)9-14(13)22-4/h7-10H,5-6H2,1-4H3,(H,17,20). The first-order valence-corrected chi connectivity index (χ1v) is 7.36. The van der Waals surface area contributed by atoms with E-state index in [1.165, 1.54) is 7.11 Å². The van der Waals surface area contributed by atoms with Gasteiger partial charge in [-0.25, -0.2) is 0 Å². The number of aryl methyl sites for hydroxylation is 1. The zero-order valence-electron chi connectivity index (χ0n) is 13.8. The Morgan fingerprint density at radius 2 is 2.04 bits per heavy atom. The third-order valence-electron chi connectivity index (χ3n) is 3.23. The van der Waals surface area contributed by atoms with Crippen LogP contribution >= 0.6 is 0 Å². The van der Waals surface area contributed by atoms with Gasteiger partial charge in [-0.2, -0.15) is 0 Å². The van der Waals surface area contributed by atoms with Crippen molar-refractivity contribution in [2.24, 2.45) is 0 Å². The zero-order chi connectivity index (χ0) is 16.8. The van der Waals surface area contributed by atoms with Crippen molar-refractivity contribution in [2.45, 2.75) is 20.4 Å². The molecule has 2 aromatic rings. The molecule has 0 saturated carbocycles. The molecule has 7 nitrogen and oxygen atoms in total. The van der Waals surface area contributed by atoms with E-state index in [2.05, 4.69) is 10.4 Å². The maximum Gasteiger partial charge on any atom is 0.262 e. The average molecular weight is 319 g/mol. The number of nitrogens with zero attached hydrogens (tertiary/aromatic N) is 2. The largest absolute Gasteiger partial charge is 0.497 e. The number of hydrogen-bond acceptors (Lipinski definition) is 5. The molecule has 0 unspecified atom stereocenters. The van der Waals surface area contributed by atoms with Crippen LogP contribution in [-0.4, -0.2) is 36.5 Å². The average Bonchev–Trinajstić information content (AvgIpc) is 2.98. The van der Waals surface area contributed by atoms with Gasteiger partial charge < -0.3 is 19.5 Å². The van der Waals surface area contributed by atoms with Gasteiger partial charge in [0.2, 0.25) is 5.88 Å². The van der Waals surface area contributed by atoms with Crippen molar-refractivity contribution in [1.82, 2.24) is 9.78 Å². The molecule has 1 amide bonds. The van der Waals surface area contributed by atoms with E-state index in [9.17, 15) is 4.79 Å². The molecule has 0 spiro atoms. The molecule has 124 valence electrons. The molecule has 2 rings (SSSR count). The Morgan fingerprint density at radius 3 is 2.65 bits per heavy atom. The van der Waals surface area contributed by atoms with Crippen LogP contribution in [0.4, 0.5) is 5.69 Å². The molecule has 0 bridgehead atoms. The van der Waals surface area contributed by atoms with Crippen molar-refractivity contribution in [3.8, 4) is 17.4 Å². The first-order valence-electron chi connectivity index (χ1n) is 7.36. The number of hydrogen-bond donors (Lipinski definition) is 1. The fourth-order valence-electron chi connectivity index (χ4n) is 2.06. The van der Waals surface area contributed by atoms with Crippen LogP contribution in [0.5, 0.6) is 17.4 Å². The van der Waals surface area contributed by atoms with E-state index in [1.54, 1.807) is 36.2 Å². The van der Waals surface area contributed by atoms with Crippen LogP contribution in [0.25, 0.3) is 0 Å². The Labute approximate surface area is 135 Å². The maximum absolute atomic E-state index is 12.5. The Hall–Kier alpha value is -2.70. The zero-order valence-corrected chi connectivity index (χ0v) is 13.8. The molecule has 0 saturated heterocycles. The van der Waals surface area contributed by atoms with Gasteiger partial charge in [0.1, 0.15) is 17.1 Å². The summed E-state index contributed by atoms with van der Waals surface area (Å²) in [5.74, 6) is 1.17. The molecular weight excluding hydrogens is 298 g/mol. The van der Waals surface area contributed by atoms with Crippen molar-refractivity contribution < 1.29 is 19.0 Å². The summed E-state index contributed by atoms with van der Waals surface area (Å²) in [6, 6.07) is 5.17. The minimum absolute atomic E-state index is 0.309. The van der Waals surface area contributed by atoms with Gasteiger partial charge in [0.15, 0.2) is 0 Å². The van der Waals surface area contributed by atoms with Crippen LogP contribution in [0.3, 0.4) is 0 Å². The maximum atomic E-state index is 12.5. The van der Waals surface area contributed by atoms with Crippen LogP contribution in [0.2, 0.25) is 0 Å². The molecule has 1 aromatic carbocycles. The number of nitrogens with one attached hydrogen (secondary N) is 1. The number of carbonyl (C=O) groups is 1. The van der Waals surface area contributed by atoms with E-state index >= 15 is 0 Å². The van der Waals surface area contributed by atoms with Crippen molar-refractivity contribution in [3.63, 3.8) is 0 Å². The molecule has 1 aromatic heterocycles. The van der Waals surface area contributed by atoms with Gasteiger partial charge >= 0.3 is 0 Å². The highest BCUT2D eigenvalue weighted by Gasteiger charge is 2.19. The first-order chi connectivity index (χ1) is 11.1. The smallest absolute Gasteiger partial charge is 0.262 e. The number of rotatable bonds is 7. The van der Waals surface area contributed by atoms with Gasteiger partial charge in [-0.1, -0.05) is 0 Å². The third-order valence-corrected chi connectivity index (χ3v) is 3.23. The van der Waals surface area contributed by atoms with Crippen molar-refractivity contribution in [2.75, 3.05) is 26.1 Å². The molecule has 0 atom stereocenters. The summed E-state index contributed by atoms with van der Waals surface area (Å²) in [6.07, 6.45) is 1.66. The highest BCUT2D eigenvalue weighted by atomic mass is 16.5. The van der Waals surface area contributed by atoms with Crippen molar-refractivity contribution in [1.29, 1.82) is 0 Å². The number of methoxy groups -OCH3 is 2. The van der Waals surface area contributed by atoms with Gasteiger partial charge in [0, 0.05) is 18.8 Å². The monoisotopic (exact) mass is 319 g/mol. The molecule has 0 aliphatic rings. The predicted octanol–water partition coefficient (Wildman–Crippen LogP) is 2.57. The lowest BCUT2D eigenvalue weighted by molar-refractivity contribution is 0.102. The number of amides is 1. The Bertz CT molecular complexity index is 682. The summed E-state index contributed by atoms with van der Waals surface area (Å²) in [5.41, 5.74) is 0.927. The van der Waals surface area contributed by atoms with Gasteiger partial charge in [0.05, 0.1) is 26.5 Å². The van der Waals surface area contributed by atoms with E-state index in [0.717, 1.165) is 0 Å². The Kier molecular flexibility index (Phi) is 5.46. The molecule has 7 heteroatoms. The summed E-state index contributed by atoms with van der Waals surface area (Å²) in [4.78, 5) is 12.5. The Morgan fingerprint density at radius 1 is 1.26 bits per heavy atom. The number of aromatic nitrogens is 2. The molecule has 0 aliphatic heterocycles. The lowest BCUT2D eigenvalue weighted by Crippen LogP contribution is -2.13. The number of ether oxygens (including phenoxy) is 3. The van der Waals surface area contributed by atoms with Crippen LogP contribution in [0.15, 0.2) is 24.4 Å². The van der Waals surface area contributed by atoms with Crippen LogP contribution in [0, 0.1) is 0 Å². The minimum atomic E-state index is -0.309. The van der Waals surface area contributed by atoms with E-state index in [0.29, 0.717) is 41.8 Å². The normalized spacial score (nSPS) is 10.3. The molecule has 23 heavy (non-hydrogen) atoms. The summed E-state index contributed by atoms with van der Waals surface area (Å²) in [6.45, 7) is 4.88. The lowest BCUT2D eigenvalue weighted by Gasteiger charge is -2.11. The Balaban J connectivity index is 2.27. The predicted molar refractivity (Wildman–Crippen MR) is 86.6 cm³/mol. The van der Waals surface area contributed by atoms with E-state index in [-0.39, 0.29) is 5.91 Å². The minimum Gasteiger partial charge on any atom is -0.497 e. The van der Waals surface area contributed by atoms with E-state index in [4.69, 9.17) is 14.2 Å². The van der Waals surface area contributed by atoms with Gasteiger partial charge in [0.25, 0.3) is 5.91 Å². The molecule has 1 heterocycles. The third kappa shape index (κ3) is 3.74. The van der Waals surface area contributed by atoms with E-state index < -0.39 is 0 Å². The second kappa shape index (κ2) is 7.53. The van der Waals surface area contributed by atoms with Gasteiger partial charge in [-0.3, -0.25) is 9.48 Å². The van der Waals surface area contributed by atoms with Crippen LogP contribution in [-0.2, 0) is 6.54 Å². The number of anilines is 1. The molecule has 0 fully saturated rings. The number of carbonyl (C=O) groups excluding carboxylic acids is 1. The fourth-order valence-corrected chi connectivity index (χ4v) is 2.06. The molecule has 1 N–H and O–H groups in total. The van der Waals surface area contributed by atoms with Crippen LogP contribution in [0.1, 0.15) is 24.2 Å². The number of benzene rings is 1.